The third-order valence-electron chi connectivity index (χ3n) is 2.75. The highest BCUT2D eigenvalue weighted by Crippen LogP contribution is 2.17. The van der Waals surface area contributed by atoms with E-state index in [1.165, 1.54) is 0 Å². The van der Waals surface area contributed by atoms with Gasteiger partial charge >= 0.3 is 0 Å². The van der Waals surface area contributed by atoms with Crippen molar-refractivity contribution < 1.29 is 4.74 Å². The van der Waals surface area contributed by atoms with Gasteiger partial charge < -0.3 is 10.1 Å². The minimum Gasteiger partial charge on any atom is -0.371 e. The van der Waals surface area contributed by atoms with E-state index >= 15 is 0 Å². The summed E-state index contributed by atoms with van der Waals surface area (Å²) in [4.78, 5) is 9.17. The third kappa shape index (κ3) is 5.55. The van der Waals surface area contributed by atoms with Crippen molar-refractivity contribution in [3.8, 4) is 0 Å². The Hall–Kier alpha value is -1.16. The Kier molecular flexibility index (Phi) is 6.78. The second-order valence-corrected chi connectivity index (χ2v) is 5.23. The highest BCUT2D eigenvalue weighted by Gasteiger charge is 2.12. The van der Waals surface area contributed by atoms with E-state index in [2.05, 4.69) is 42.1 Å². The lowest BCUT2D eigenvalue weighted by atomic mass is 10.1. The van der Waals surface area contributed by atoms with Crippen LogP contribution in [0.1, 0.15) is 58.7 Å². The molecule has 0 aliphatic heterocycles. The van der Waals surface area contributed by atoms with E-state index in [1.54, 1.807) is 0 Å². The molecule has 0 aromatic carbocycles. The molecule has 1 heterocycles. The van der Waals surface area contributed by atoms with Gasteiger partial charge in [0.15, 0.2) is 5.82 Å². The van der Waals surface area contributed by atoms with Gasteiger partial charge in [0.25, 0.3) is 0 Å². The lowest BCUT2D eigenvalue weighted by Crippen LogP contribution is -2.12. The fourth-order valence-electron chi connectivity index (χ4n) is 1.89. The summed E-state index contributed by atoms with van der Waals surface area (Å²) < 4.78 is 5.59. The second-order valence-electron chi connectivity index (χ2n) is 5.23. The van der Waals surface area contributed by atoms with E-state index in [-0.39, 0.29) is 6.10 Å². The Bertz CT molecular complexity index is 380. The molecule has 0 saturated heterocycles. The molecule has 108 valence electrons. The SMILES string of the molecule is CCCNc1cc(CC(C)C)nc(C(C)OCC)n1. The van der Waals surface area contributed by atoms with Crippen molar-refractivity contribution in [2.75, 3.05) is 18.5 Å². The summed E-state index contributed by atoms with van der Waals surface area (Å²) in [6, 6.07) is 2.05. The number of hydrogen-bond acceptors (Lipinski definition) is 4. The van der Waals surface area contributed by atoms with Crippen LogP contribution in [0.25, 0.3) is 0 Å². The number of nitrogens with zero attached hydrogens (tertiary/aromatic N) is 2. The summed E-state index contributed by atoms with van der Waals surface area (Å²) in [5.41, 5.74) is 1.09. The van der Waals surface area contributed by atoms with Crippen LogP contribution < -0.4 is 5.32 Å². The molecule has 1 aromatic heterocycles. The predicted molar refractivity (Wildman–Crippen MR) is 79.4 cm³/mol. The molecule has 19 heavy (non-hydrogen) atoms. The van der Waals surface area contributed by atoms with Gasteiger partial charge in [-0.1, -0.05) is 20.8 Å². The van der Waals surface area contributed by atoms with Crippen LogP contribution in [-0.4, -0.2) is 23.1 Å². The zero-order chi connectivity index (χ0) is 14.3. The summed E-state index contributed by atoms with van der Waals surface area (Å²) in [6.07, 6.45) is 1.99. The van der Waals surface area contributed by atoms with E-state index in [1.807, 2.05) is 13.8 Å². The van der Waals surface area contributed by atoms with Crippen LogP contribution in [0.4, 0.5) is 5.82 Å². The molecule has 0 aliphatic carbocycles. The number of hydrogen-bond donors (Lipinski definition) is 1. The van der Waals surface area contributed by atoms with Crippen LogP contribution in [0.5, 0.6) is 0 Å². The van der Waals surface area contributed by atoms with E-state index < -0.39 is 0 Å². The van der Waals surface area contributed by atoms with Gasteiger partial charge in [0.2, 0.25) is 0 Å². The van der Waals surface area contributed by atoms with E-state index in [0.717, 1.165) is 36.7 Å². The van der Waals surface area contributed by atoms with Gasteiger partial charge in [-0.2, -0.15) is 0 Å². The summed E-state index contributed by atoms with van der Waals surface area (Å²) >= 11 is 0. The molecule has 4 nitrogen and oxygen atoms in total. The molecule has 1 N–H and O–H groups in total. The molecule has 1 atom stereocenters. The van der Waals surface area contributed by atoms with Crippen molar-refractivity contribution in [2.45, 2.75) is 53.6 Å². The predicted octanol–water partition coefficient (Wildman–Crippen LogP) is 3.59. The van der Waals surface area contributed by atoms with Crippen LogP contribution in [0.15, 0.2) is 6.07 Å². The van der Waals surface area contributed by atoms with Crippen molar-refractivity contribution in [1.82, 2.24) is 9.97 Å². The Morgan fingerprint density at radius 1 is 1.21 bits per heavy atom. The maximum Gasteiger partial charge on any atom is 0.159 e. The fraction of sp³-hybridized carbons (Fsp3) is 0.733. The van der Waals surface area contributed by atoms with Crippen molar-refractivity contribution in [1.29, 1.82) is 0 Å². The van der Waals surface area contributed by atoms with E-state index in [9.17, 15) is 0 Å². The zero-order valence-electron chi connectivity index (χ0n) is 12.9. The standard InChI is InChI=1S/C15H27N3O/c1-6-8-16-14-10-13(9-11(3)4)17-15(18-14)12(5)19-7-2/h10-12H,6-9H2,1-5H3,(H,16,17,18). The van der Waals surface area contributed by atoms with Crippen LogP contribution in [0.2, 0.25) is 0 Å². The summed E-state index contributed by atoms with van der Waals surface area (Å²) in [7, 11) is 0. The van der Waals surface area contributed by atoms with Gasteiger partial charge in [0.05, 0.1) is 0 Å². The Labute approximate surface area is 117 Å². The van der Waals surface area contributed by atoms with Gasteiger partial charge in [-0.15, -0.1) is 0 Å². The molecule has 1 rings (SSSR count). The highest BCUT2D eigenvalue weighted by atomic mass is 16.5. The van der Waals surface area contributed by atoms with Crippen LogP contribution in [0, 0.1) is 5.92 Å². The molecular weight excluding hydrogens is 238 g/mol. The van der Waals surface area contributed by atoms with Crippen molar-refractivity contribution in [3.63, 3.8) is 0 Å². The average molecular weight is 265 g/mol. The van der Waals surface area contributed by atoms with Crippen LogP contribution in [0.3, 0.4) is 0 Å². The summed E-state index contributed by atoms with van der Waals surface area (Å²) in [6.45, 7) is 12.1. The zero-order valence-corrected chi connectivity index (χ0v) is 12.9. The first-order valence-corrected chi connectivity index (χ1v) is 7.30. The molecule has 0 spiro atoms. The molecule has 0 amide bonds. The summed E-state index contributed by atoms with van der Waals surface area (Å²) in [5.74, 6) is 2.27. The van der Waals surface area contributed by atoms with Gasteiger partial charge in [0, 0.05) is 24.9 Å². The maximum absolute atomic E-state index is 5.59. The third-order valence-corrected chi connectivity index (χ3v) is 2.75. The smallest absolute Gasteiger partial charge is 0.159 e. The topological polar surface area (TPSA) is 47.0 Å². The molecule has 0 radical (unpaired) electrons. The van der Waals surface area contributed by atoms with E-state index in [4.69, 9.17) is 4.74 Å². The molecule has 0 fully saturated rings. The Morgan fingerprint density at radius 3 is 2.53 bits per heavy atom. The fourth-order valence-corrected chi connectivity index (χ4v) is 1.89. The number of anilines is 1. The number of aromatic nitrogens is 2. The largest absolute Gasteiger partial charge is 0.371 e. The van der Waals surface area contributed by atoms with E-state index in [0.29, 0.717) is 12.5 Å². The summed E-state index contributed by atoms with van der Waals surface area (Å²) in [5, 5.41) is 3.34. The second kappa shape index (κ2) is 8.10. The molecule has 0 saturated carbocycles. The van der Waals surface area contributed by atoms with Crippen LogP contribution >= 0.6 is 0 Å². The molecular formula is C15H27N3O. The average Bonchev–Trinajstić information content (AvgIpc) is 2.35. The van der Waals surface area contributed by atoms with Gasteiger partial charge in [-0.3, -0.25) is 0 Å². The maximum atomic E-state index is 5.59. The lowest BCUT2D eigenvalue weighted by molar-refractivity contribution is 0.0699. The van der Waals surface area contributed by atoms with Crippen molar-refractivity contribution >= 4 is 5.82 Å². The molecule has 4 heteroatoms. The molecule has 1 aromatic rings. The first-order chi connectivity index (χ1) is 9.06. The van der Waals surface area contributed by atoms with Gasteiger partial charge in [-0.25, -0.2) is 9.97 Å². The number of nitrogens with one attached hydrogen (secondary N) is 1. The lowest BCUT2D eigenvalue weighted by Gasteiger charge is -2.15. The van der Waals surface area contributed by atoms with Crippen molar-refractivity contribution in [3.05, 3.63) is 17.6 Å². The monoisotopic (exact) mass is 265 g/mol. The Morgan fingerprint density at radius 2 is 1.95 bits per heavy atom. The first-order valence-electron chi connectivity index (χ1n) is 7.30. The molecule has 0 bridgehead atoms. The minimum atomic E-state index is -0.0562. The molecule has 1 unspecified atom stereocenters. The molecule has 0 aliphatic rings. The van der Waals surface area contributed by atoms with Crippen LogP contribution in [-0.2, 0) is 11.2 Å². The first kappa shape index (κ1) is 15.9. The minimum absolute atomic E-state index is 0.0562. The highest BCUT2D eigenvalue weighted by molar-refractivity contribution is 5.36. The Balaban J connectivity index is 2.94. The van der Waals surface area contributed by atoms with Gasteiger partial charge in [0.1, 0.15) is 11.9 Å². The quantitative estimate of drug-likeness (QED) is 0.780. The van der Waals surface area contributed by atoms with Gasteiger partial charge in [-0.05, 0) is 32.6 Å². The normalized spacial score (nSPS) is 12.7. The van der Waals surface area contributed by atoms with Crippen molar-refractivity contribution in [2.24, 2.45) is 5.92 Å². The number of rotatable bonds is 8. The number of ether oxygens (including phenoxy) is 1.